The molecule has 1 fully saturated rings. The molecule has 0 bridgehead atoms. The van der Waals surface area contributed by atoms with E-state index in [9.17, 15) is 19.5 Å². The molecule has 2 aliphatic rings. The third-order valence-corrected chi connectivity index (χ3v) is 7.97. The van der Waals surface area contributed by atoms with Gasteiger partial charge in [0.15, 0.2) is 4.34 Å². The molecule has 2 aromatic rings. The topological polar surface area (TPSA) is 139 Å². The fraction of sp³-hybridized carbons (Fsp3) is 0.278. The minimum Gasteiger partial charge on any atom is -0.477 e. The van der Waals surface area contributed by atoms with E-state index in [4.69, 9.17) is 5.73 Å². The molecule has 1 aromatic carbocycles. The fourth-order valence-corrected chi connectivity index (χ4v) is 6.24. The summed E-state index contributed by atoms with van der Waals surface area (Å²) >= 11 is 4.20. The largest absolute Gasteiger partial charge is 0.477 e. The van der Waals surface area contributed by atoms with E-state index in [0.717, 1.165) is 4.34 Å². The Morgan fingerprint density at radius 2 is 2.17 bits per heavy atom. The summed E-state index contributed by atoms with van der Waals surface area (Å²) in [6.07, 6.45) is 0.0548. The normalized spacial score (nSPS) is 20.5. The van der Waals surface area contributed by atoms with E-state index < -0.39 is 23.3 Å². The Morgan fingerprint density at radius 1 is 1.37 bits per heavy atom. The standard InChI is InChI=1S/C18H17N5O4S3/c19-11-4-2-1-3-9(11)5-12(24)21-13-15(25)23-14(17(26)27)10(6-28-16(13)23)7-29-18-22-20-8-30-18/h1-4,8,13,16H,5-7,19H2,(H,21,24)(H,26,27)/t13?,16-/m0/s1. The van der Waals surface area contributed by atoms with Gasteiger partial charge in [-0.2, -0.15) is 0 Å². The number of aromatic nitrogens is 2. The van der Waals surface area contributed by atoms with Gasteiger partial charge < -0.3 is 16.2 Å². The van der Waals surface area contributed by atoms with Crippen LogP contribution >= 0.6 is 34.9 Å². The Kier molecular flexibility index (Phi) is 5.97. The Balaban J connectivity index is 1.44. The molecule has 3 heterocycles. The molecule has 9 nitrogen and oxygen atoms in total. The first-order valence-electron chi connectivity index (χ1n) is 8.87. The lowest BCUT2D eigenvalue weighted by molar-refractivity contribution is -0.150. The highest BCUT2D eigenvalue weighted by Crippen LogP contribution is 2.41. The number of carbonyl (C=O) groups excluding carboxylic acids is 2. The highest BCUT2D eigenvalue weighted by atomic mass is 32.2. The number of aliphatic carboxylic acids is 1. The molecule has 1 saturated heterocycles. The van der Waals surface area contributed by atoms with E-state index in [2.05, 4.69) is 15.5 Å². The predicted octanol–water partition coefficient (Wildman–Crippen LogP) is 1.19. The third kappa shape index (κ3) is 4.02. The number of nitrogen functional groups attached to an aromatic ring is 1. The lowest BCUT2D eigenvalue weighted by Gasteiger charge is -2.49. The number of carboxylic acid groups (broad SMARTS) is 1. The number of anilines is 1. The summed E-state index contributed by atoms with van der Waals surface area (Å²) in [6.45, 7) is 0. The van der Waals surface area contributed by atoms with Crippen molar-refractivity contribution in [3.63, 3.8) is 0 Å². The minimum absolute atomic E-state index is 0.00133. The number of rotatable bonds is 7. The van der Waals surface area contributed by atoms with Crippen LogP contribution in [0.2, 0.25) is 0 Å². The number of benzene rings is 1. The monoisotopic (exact) mass is 463 g/mol. The molecule has 2 amide bonds. The molecule has 0 radical (unpaired) electrons. The summed E-state index contributed by atoms with van der Waals surface area (Å²) in [5.41, 5.74) is 9.31. The van der Waals surface area contributed by atoms with Crippen LogP contribution in [0.25, 0.3) is 0 Å². The quantitative estimate of drug-likeness (QED) is 0.314. The van der Waals surface area contributed by atoms with Gasteiger partial charge >= 0.3 is 5.97 Å². The number of para-hydroxylation sites is 1. The van der Waals surface area contributed by atoms with Crippen molar-refractivity contribution in [2.75, 3.05) is 17.2 Å². The number of amides is 2. The van der Waals surface area contributed by atoms with Crippen LogP contribution in [0.5, 0.6) is 0 Å². The number of nitrogens with one attached hydrogen (secondary N) is 1. The maximum absolute atomic E-state index is 12.7. The molecular weight excluding hydrogens is 446 g/mol. The average molecular weight is 464 g/mol. The van der Waals surface area contributed by atoms with Gasteiger partial charge in [0.1, 0.15) is 22.6 Å². The van der Waals surface area contributed by atoms with Crippen LogP contribution in [0.3, 0.4) is 0 Å². The molecule has 1 aromatic heterocycles. The van der Waals surface area contributed by atoms with Gasteiger partial charge in [-0.25, -0.2) is 4.79 Å². The van der Waals surface area contributed by atoms with Gasteiger partial charge in [0.05, 0.1) is 6.42 Å². The summed E-state index contributed by atoms with van der Waals surface area (Å²) in [5.74, 6) is -1.03. The molecule has 2 atom stereocenters. The maximum atomic E-state index is 12.7. The molecule has 1 unspecified atom stereocenters. The van der Waals surface area contributed by atoms with E-state index >= 15 is 0 Å². The van der Waals surface area contributed by atoms with Crippen molar-refractivity contribution in [3.05, 3.63) is 46.6 Å². The van der Waals surface area contributed by atoms with Crippen LogP contribution in [0.15, 0.2) is 45.4 Å². The second-order valence-electron chi connectivity index (χ2n) is 6.58. The highest BCUT2D eigenvalue weighted by molar-refractivity contribution is 8.01. The van der Waals surface area contributed by atoms with Crippen molar-refractivity contribution in [3.8, 4) is 0 Å². The average Bonchev–Trinajstić information content (AvgIpc) is 3.25. The molecule has 30 heavy (non-hydrogen) atoms. The Morgan fingerprint density at radius 3 is 2.87 bits per heavy atom. The summed E-state index contributed by atoms with van der Waals surface area (Å²) < 4.78 is 0.736. The van der Waals surface area contributed by atoms with Crippen LogP contribution in [-0.4, -0.2) is 60.9 Å². The maximum Gasteiger partial charge on any atom is 0.352 e. The number of carbonyl (C=O) groups is 3. The van der Waals surface area contributed by atoms with Gasteiger partial charge in [-0.1, -0.05) is 41.3 Å². The molecule has 0 saturated carbocycles. The number of β-lactam (4-membered cyclic amide) rings is 1. The molecular formula is C18H17N5O4S3. The smallest absolute Gasteiger partial charge is 0.352 e. The lowest BCUT2D eigenvalue weighted by atomic mass is 10.0. The first-order valence-corrected chi connectivity index (χ1v) is 11.8. The summed E-state index contributed by atoms with van der Waals surface area (Å²) in [4.78, 5) is 38.2. The Labute approximate surface area is 184 Å². The number of nitrogens with zero attached hydrogens (tertiary/aromatic N) is 3. The molecule has 0 aliphatic carbocycles. The number of carboxylic acids is 1. The zero-order valence-corrected chi connectivity index (χ0v) is 17.9. The lowest BCUT2D eigenvalue weighted by Crippen LogP contribution is -2.70. The number of thioether (sulfide) groups is 2. The number of nitrogens with two attached hydrogens (primary N) is 1. The van der Waals surface area contributed by atoms with E-state index in [-0.39, 0.29) is 18.0 Å². The molecule has 0 spiro atoms. The number of hydrogen-bond acceptors (Lipinski definition) is 9. The summed E-state index contributed by atoms with van der Waals surface area (Å²) in [7, 11) is 0. The third-order valence-electron chi connectivity index (χ3n) is 4.68. The zero-order chi connectivity index (χ0) is 21.3. The summed E-state index contributed by atoms with van der Waals surface area (Å²) in [6, 6.07) is 6.29. The van der Waals surface area contributed by atoms with Crippen LogP contribution in [0.4, 0.5) is 5.69 Å². The van der Waals surface area contributed by atoms with Crippen LogP contribution < -0.4 is 11.1 Å². The molecule has 2 aliphatic heterocycles. The van der Waals surface area contributed by atoms with Gasteiger partial charge in [-0.3, -0.25) is 14.5 Å². The Hall–Kier alpha value is -2.57. The van der Waals surface area contributed by atoms with Gasteiger partial charge in [-0.15, -0.1) is 22.0 Å². The van der Waals surface area contributed by atoms with Crippen molar-refractivity contribution < 1.29 is 19.5 Å². The fourth-order valence-electron chi connectivity index (χ4n) is 3.26. The first-order chi connectivity index (χ1) is 14.5. The van der Waals surface area contributed by atoms with Crippen molar-refractivity contribution in [1.29, 1.82) is 0 Å². The van der Waals surface area contributed by atoms with Crippen molar-refractivity contribution >= 4 is 58.3 Å². The van der Waals surface area contributed by atoms with E-state index in [1.165, 1.54) is 39.8 Å². The van der Waals surface area contributed by atoms with Crippen molar-refractivity contribution in [2.24, 2.45) is 0 Å². The van der Waals surface area contributed by atoms with Gasteiger partial charge in [0.25, 0.3) is 5.91 Å². The van der Waals surface area contributed by atoms with Gasteiger partial charge in [0.2, 0.25) is 5.91 Å². The van der Waals surface area contributed by atoms with E-state index in [1.54, 1.807) is 29.8 Å². The molecule has 12 heteroatoms. The second kappa shape index (κ2) is 8.66. The minimum atomic E-state index is -1.15. The molecule has 4 N–H and O–H groups in total. The van der Waals surface area contributed by atoms with Crippen LogP contribution in [0.1, 0.15) is 5.56 Å². The Bertz CT molecular complexity index is 1030. The number of fused-ring (bicyclic) bond motifs is 1. The van der Waals surface area contributed by atoms with Crippen molar-refractivity contribution in [1.82, 2.24) is 20.4 Å². The summed E-state index contributed by atoms with van der Waals surface area (Å²) in [5, 5.41) is 19.7. The second-order valence-corrected chi connectivity index (χ2v) is 9.74. The van der Waals surface area contributed by atoms with E-state index in [0.29, 0.717) is 28.3 Å². The van der Waals surface area contributed by atoms with Gasteiger partial charge in [-0.05, 0) is 17.2 Å². The predicted molar refractivity (Wildman–Crippen MR) is 115 cm³/mol. The van der Waals surface area contributed by atoms with Crippen molar-refractivity contribution in [2.45, 2.75) is 22.2 Å². The highest BCUT2D eigenvalue weighted by Gasteiger charge is 2.54. The van der Waals surface area contributed by atoms with Crippen LogP contribution in [0, 0.1) is 0 Å². The van der Waals surface area contributed by atoms with Gasteiger partial charge in [0, 0.05) is 17.2 Å². The molecule has 4 rings (SSSR count). The van der Waals surface area contributed by atoms with E-state index in [1.807, 2.05) is 0 Å². The SMILES string of the molecule is Nc1ccccc1CC(=O)NC1C(=O)N2C(C(=O)O)=C(CSc3nncs3)CS[C@@H]12. The zero-order valence-electron chi connectivity index (χ0n) is 15.5. The van der Waals surface area contributed by atoms with Crippen LogP contribution in [-0.2, 0) is 20.8 Å². The number of hydrogen-bond donors (Lipinski definition) is 3. The molecule has 156 valence electrons. The first kappa shape index (κ1) is 20.7.